The number of rotatable bonds is 5. The molecule has 1 aromatic rings. The van der Waals surface area contributed by atoms with Crippen LogP contribution >= 0.6 is 15.9 Å². The van der Waals surface area contributed by atoms with Crippen molar-refractivity contribution < 1.29 is 9.47 Å². The van der Waals surface area contributed by atoms with E-state index >= 15 is 0 Å². The summed E-state index contributed by atoms with van der Waals surface area (Å²) in [6.07, 6.45) is 2.83. The highest BCUT2D eigenvalue weighted by atomic mass is 79.9. The van der Waals surface area contributed by atoms with E-state index in [1.165, 1.54) is 18.4 Å². The van der Waals surface area contributed by atoms with Crippen molar-refractivity contribution in [3.63, 3.8) is 0 Å². The number of nitrogens with one attached hydrogen (secondary N) is 1. The van der Waals surface area contributed by atoms with Crippen molar-refractivity contribution in [3.05, 3.63) is 22.2 Å². The van der Waals surface area contributed by atoms with E-state index in [1.54, 1.807) is 0 Å². The highest BCUT2D eigenvalue weighted by molar-refractivity contribution is 9.10. The second-order valence-electron chi connectivity index (χ2n) is 5.55. The quantitative estimate of drug-likeness (QED) is 0.900. The van der Waals surface area contributed by atoms with Crippen molar-refractivity contribution in [2.75, 3.05) is 19.8 Å². The van der Waals surface area contributed by atoms with E-state index in [4.69, 9.17) is 9.47 Å². The molecule has 0 aromatic heterocycles. The van der Waals surface area contributed by atoms with Gasteiger partial charge >= 0.3 is 0 Å². The van der Waals surface area contributed by atoms with Crippen molar-refractivity contribution in [2.45, 2.75) is 26.3 Å². The molecule has 104 valence electrons. The number of hydrogen-bond acceptors (Lipinski definition) is 3. The van der Waals surface area contributed by atoms with Crippen LogP contribution in [-0.2, 0) is 6.54 Å². The summed E-state index contributed by atoms with van der Waals surface area (Å²) < 4.78 is 12.2. The molecule has 1 saturated carbocycles. The lowest BCUT2D eigenvalue weighted by Gasteiger charge is -2.20. The first-order valence-electron chi connectivity index (χ1n) is 7.03. The van der Waals surface area contributed by atoms with Crippen molar-refractivity contribution >= 4 is 15.9 Å². The summed E-state index contributed by atoms with van der Waals surface area (Å²) in [7, 11) is 0. The smallest absolute Gasteiger partial charge is 0.175 e. The van der Waals surface area contributed by atoms with Crippen molar-refractivity contribution in [1.29, 1.82) is 0 Å². The number of hydrogen-bond donors (Lipinski definition) is 1. The zero-order valence-electron chi connectivity index (χ0n) is 11.2. The Kier molecular flexibility index (Phi) is 3.99. The summed E-state index contributed by atoms with van der Waals surface area (Å²) in [5, 5.41) is 3.54. The molecule has 3 nitrogen and oxygen atoms in total. The number of halogens is 1. The maximum absolute atomic E-state index is 5.64. The zero-order valence-corrected chi connectivity index (χ0v) is 12.8. The zero-order chi connectivity index (χ0) is 13.2. The van der Waals surface area contributed by atoms with Crippen LogP contribution in [0.4, 0.5) is 0 Å². The molecule has 1 unspecified atom stereocenters. The lowest BCUT2D eigenvalue weighted by Crippen LogP contribution is -2.22. The van der Waals surface area contributed by atoms with Gasteiger partial charge in [0.05, 0.1) is 4.47 Å². The molecule has 0 spiro atoms. The molecule has 1 heterocycles. The molecule has 2 aliphatic rings. The lowest BCUT2D eigenvalue weighted by molar-refractivity contribution is 0.170. The van der Waals surface area contributed by atoms with Gasteiger partial charge in [0.1, 0.15) is 13.2 Å². The maximum atomic E-state index is 5.64. The minimum atomic E-state index is 0.627. The summed E-state index contributed by atoms with van der Waals surface area (Å²) >= 11 is 3.55. The van der Waals surface area contributed by atoms with Crippen molar-refractivity contribution in [1.82, 2.24) is 5.32 Å². The Labute approximate surface area is 122 Å². The topological polar surface area (TPSA) is 30.5 Å². The molecule has 1 aromatic carbocycles. The molecule has 0 bridgehead atoms. The minimum absolute atomic E-state index is 0.627. The average molecular weight is 326 g/mol. The molecule has 1 fully saturated rings. The van der Waals surface area contributed by atoms with Gasteiger partial charge in [0.2, 0.25) is 0 Å². The Balaban J connectivity index is 1.59. The van der Waals surface area contributed by atoms with Crippen LogP contribution in [0.5, 0.6) is 11.5 Å². The first-order valence-corrected chi connectivity index (χ1v) is 7.82. The number of fused-ring (bicyclic) bond motifs is 1. The van der Waals surface area contributed by atoms with Crippen LogP contribution in [0.1, 0.15) is 25.3 Å². The van der Waals surface area contributed by atoms with Crippen molar-refractivity contribution in [3.8, 4) is 11.5 Å². The van der Waals surface area contributed by atoms with Gasteiger partial charge in [-0.05, 0) is 64.8 Å². The molecule has 0 saturated heterocycles. The fourth-order valence-electron chi connectivity index (χ4n) is 2.54. The van der Waals surface area contributed by atoms with Gasteiger partial charge in [-0.2, -0.15) is 0 Å². The van der Waals surface area contributed by atoms with Crippen LogP contribution in [-0.4, -0.2) is 19.8 Å². The van der Waals surface area contributed by atoms with Crippen LogP contribution in [0.15, 0.2) is 16.6 Å². The third kappa shape index (κ3) is 3.23. The molecule has 0 amide bonds. The third-order valence-electron chi connectivity index (χ3n) is 3.88. The monoisotopic (exact) mass is 325 g/mol. The molecule has 19 heavy (non-hydrogen) atoms. The largest absolute Gasteiger partial charge is 0.486 e. The van der Waals surface area contributed by atoms with E-state index in [1.807, 2.05) is 0 Å². The van der Waals surface area contributed by atoms with E-state index in [2.05, 4.69) is 40.3 Å². The van der Waals surface area contributed by atoms with Gasteiger partial charge in [0.15, 0.2) is 11.5 Å². The SMILES string of the molecule is CC(CNCc1cc(Br)c2c(c1)OCCO2)C1CC1. The standard InChI is InChI=1S/C15H20BrNO2/c1-10(12-2-3-12)8-17-9-11-6-13(16)15-14(7-11)18-4-5-19-15/h6-7,10,12,17H,2-5,8-9H2,1H3. The summed E-state index contributed by atoms with van der Waals surface area (Å²) in [5.41, 5.74) is 1.24. The Morgan fingerprint density at radius 3 is 2.89 bits per heavy atom. The maximum Gasteiger partial charge on any atom is 0.175 e. The molecule has 1 N–H and O–H groups in total. The lowest BCUT2D eigenvalue weighted by atomic mass is 10.1. The molecule has 4 heteroatoms. The fourth-order valence-corrected chi connectivity index (χ4v) is 3.15. The fraction of sp³-hybridized carbons (Fsp3) is 0.600. The van der Waals surface area contributed by atoms with Gasteiger partial charge in [-0.15, -0.1) is 0 Å². The first-order chi connectivity index (χ1) is 9.24. The van der Waals surface area contributed by atoms with Gasteiger partial charge in [-0.1, -0.05) is 6.92 Å². The Morgan fingerprint density at radius 1 is 1.32 bits per heavy atom. The van der Waals surface area contributed by atoms with Gasteiger partial charge in [-0.25, -0.2) is 0 Å². The third-order valence-corrected chi connectivity index (χ3v) is 4.47. The van der Waals surface area contributed by atoms with Crippen LogP contribution in [0.2, 0.25) is 0 Å². The first kappa shape index (κ1) is 13.3. The predicted molar refractivity (Wildman–Crippen MR) is 78.7 cm³/mol. The molecule has 1 aliphatic carbocycles. The minimum Gasteiger partial charge on any atom is -0.486 e. The van der Waals surface area contributed by atoms with E-state index in [0.717, 1.165) is 40.9 Å². The predicted octanol–water partition coefficient (Wildman–Crippen LogP) is 3.36. The highest BCUT2D eigenvalue weighted by Gasteiger charge is 2.27. The molecular weight excluding hydrogens is 306 g/mol. The van der Waals surface area contributed by atoms with E-state index in [-0.39, 0.29) is 0 Å². The van der Waals surface area contributed by atoms with E-state index < -0.39 is 0 Å². The average Bonchev–Trinajstić information content (AvgIpc) is 3.23. The van der Waals surface area contributed by atoms with Crippen LogP contribution in [0.3, 0.4) is 0 Å². The number of ether oxygens (including phenoxy) is 2. The van der Waals surface area contributed by atoms with Gasteiger partial charge in [0.25, 0.3) is 0 Å². The van der Waals surface area contributed by atoms with Crippen molar-refractivity contribution in [2.24, 2.45) is 11.8 Å². The Bertz CT molecular complexity index is 460. The summed E-state index contributed by atoms with van der Waals surface area (Å²) in [6.45, 7) is 5.57. The molecule has 1 atom stereocenters. The molecule has 3 rings (SSSR count). The van der Waals surface area contributed by atoms with Crippen LogP contribution < -0.4 is 14.8 Å². The second kappa shape index (κ2) is 5.71. The molecular formula is C15H20BrNO2. The molecule has 1 aliphatic heterocycles. The van der Waals surface area contributed by atoms with E-state index in [0.29, 0.717) is 13.2 Å². The normalized spacial score (nSPS) is 19.3. The molecule has 0 radical (unpaired) electrons. The van der Waals surface area contributed by atoms with Gasteiger partial charge in [0, 0.05) is 6.54 Å². The summed E-state index contributed by atoms with van der Waals surface area (Å²) in [6, 6.07) is 4.19. The summed E-state index contributed by atoms with van der Waals surface area (Å²) in [4.78, 5) is 0. The van der Waals surface area contributed by atoms with Crippen LogP contribution in [0, 0.1) is 11.8 Å². The second-order valence-corrected chi connectivity index (χ2v) is 6.40. The highest BCUT2D eigenvalue weighted by Crippen LogP contribution is 2.39. The van der Waals surface area contributed by atoms with Crippen LogP contribution in [0.25, 0.3) is 0 Å². The number of benzene rings is 1. The summed E-state index contributed by atoms with van der Waals surface area (Å²) in [5.74, 6) is 3.44. The van der Waals surface area contributed by atoms with Gasteiger partial charge < -0.3 is 14.8 Å². The Hall–Kier alpha value is -0.740. The van der Waals surface area contributed by atoms with E-state index in [9.17, 15) is 0 Å². The van der Waals surface area contributed by atoms with Gasteiger partial charge in [-0.3, -0.25) is 0 Å². The Morgan fingerprint density at radius 2 is 2.11 bits per heavy atom.